The summed E-state index contributed by atoms with van der Waals surface area (Å²) in [6.07, 6.45) is 8.70. The lowest BCUT2D eigenvalue weighted by Gasteiger charge is -2.09. The van der Waals surface area contributed by atoms with Crippen LogP contribution in [0.4, 0.5) is 0 Å². The number of hydrogen-bond donors (Lipinski definition) is 1. The van der Waals surface area contributed by atoms with Crippen molar-refractivity contribution in [3.05, 3.63) is 77.9 Å². The molecule has 3 aromatic rings. The maximum Gasteiger partial charge on any atom is 0.0497 e. The van der Waals surface area contributed by atoms with Gasteiger partial charge in [-0.05, 0) is 53.5 Å². The Morgan fingerprint density at radius 1 is 0.739 bits per heavy atom. The summed E-state index contributed by atoms with van der Waals surface area (Å²) in [5, 5.41) is 0. The fourth-order valence-corrected chi connectivity index (χ4v) is 3.69. The Hall–Kier alpha value is -2.19. The summed E-state index contributed by atoms with van der Waals surface area (Å²) < 4.78 is 0. The maximum atomic E-state index is 3.72. The summed E-state index contributed by atoms with van der Waals surface area (Å²) in [6.45, 7) is 0. The Balaban J connectivity index is 1.86. The Morgan fingerprint density at radius 3 is 1.87 bits per heavy atom. The van der Waals surface area contributed by atoms with Crippen LogP contribution in [0.5, 0.6) is 0 Å². The smallest absolute Gasteiger partial charge is 0.0497 e. The van der Waals surface area contributed by atoms with Crippen LogP contribution in [0.15, 0.2) is 71.6 Å². The summed E-state index contributed by atoms with van der Waals surface area (Å²) in [4.78, 5) is 5.02. The summed E-state index contributed by atoms with van der Waals surface area (Å²) in [6, 6.07) is 19.5. The molecule has 2 heteroatoms. The van der Waals surface area contributed by atoms with Gasteiger partial charge in [-0.15, -0.1) is 11.8 Å². The van der Waals surface area contributed by atoms with E-state index in [1.165, 1.54) is 38.5 Å². The Morgan fingerprint density at radius 2 is 1.30 bits per heavy atom. The second-order valence-corrected chi connectivity index (χ2v) is 6.69. The van der Waals surface area contributed by atoms with Crippen LogP contribution in [-0.4, -0.2) is 11.2 Å². The van der Waals surface area contributed by atoms with E-state index >= 15 is 0 Å². The predicted octanol–water partition coefficient (Wildman–Crippen LogP) is 5.73. The van der Waals surface area contributed by atoms with Gasteiger partial charge in [0.1, 0.15) is 0 Å². The molecule has 1 nitrogen and oxygen atoms in total. The summed E-state index contributed by atoms with van der Waals surface area (Å²) in [5.41, 5.74) is 7.98. The highest BCUT2D eigenvalue weighted by Gasteiger charge is 2.19. The SMILES string of the molecule is CSc1ccc(-c2[nH]c(-c3ccccc3)c3c2CC=CC3)cc1. The van der Waals surface area contributed by atoms with Crippen LogP contribution in [0.2, 0.25) is 0 Å². The first kappa shape index (κ1) is 14.4. The second-order valence-electron chi connectivity index (χ2n) is 5.81. The number of rotatable bonds is 3. The summed E-state index contributed by atoms with van der Waals surface area (Å²) in [5.74, 6) is 0. The van der Waals surface area contributed by atoms with Crippen molar-refractivity contribution in [2.24, 2.45) is 0 Å². The van der Waals surface area contributed by atoms with Gasteiger partial charge in [0.25, 0.3) is 0 Å². The fourth-order valence-electron chi connectivity index (χ4n) is 3.29. The lowest BCUT2D eigenvalue weighted by Crippen LogP contribution is -1.96. The van der Waals surface area contributed by atoms with Gasteiger partial charge in [-0.25, -0.2) is 0 Å². The molecule has 0 atom stereocenters. The minimum atomic E-state index is 1.01. The molecule has 23 heavy (non-hydrogen) atoms. The number of thioether (sulfide) groups is 1. The van der Waals surface area contributed by atoms with Gasteiger partial charge in [-0.1, -0.05) is 54.6 Å². The first-order valence-electron chi connectivity index (χ1n) is 7.95. The molecular formula is C21H19NS. The van der Waals surface area contributed by atoms with Crippen LogP contribution in [0.1, 0.15) is 11.1 Å². The van der Waals surface area contributed by atoms with Gasteiger partial charge in [0.15, 0.2) is 0 Å². The maximum absolute atomic E-state index is 3.72. The van der Waals surface area contributed by atoms with Crippen molar-refractivity contribution in [3.63, 3.8) is 0 Å². The molecule has 0 saturated heterocycles. The number of allylic oxidation sites excluding steroid dienone is 2. The highest BCUT2D eigenvalue weighted by molar-refractivity contribution is 7.98. The van der Waals surface area contributed by atoms with Crippen molar-refractivity contribution in [3.8, 4) is 22.5 Å². The molecule has 0 radical (unpaired) electrons. The average molecular weight is 317 g/mol. The number of hydrogen-bond acceptors (Lipinski definition) is 1. The molecule has 1 aliphatic rings. The second kappa shape index (κ2) is 6.13. The van der Waals surface area contributed by atoms with E-state index in [0.717, 1.165) is 12.8 Å². The number of aromatic amines is 1. The molecule has 4 rings (SSSR count). The Labute approximate surface area is 141 Å². The molecule has 0 aliphatic heterocycles. The van der Waals surface area contributed by atoms with E-state index in [4.69, 9.17) is 0 Å². The third-order valence-electron chi connectivity index (χ3n) is 4.47. The third-order valence-corrected chi connectivity index (χ3v) is 5.21. The molecule has 0 saturated carbocycles. The predicted molar refractivity (Wildman–Crippen MR) is 100.0 cm³/mol. The molecule has 0 unspecified atom stereocenters. The summed E-state index contributed by atoms with van der Waals surface area (Å²) >= 11 is 1.78. The lowest BCUT2D eigenvalue weighted by molar-refractivity contribution is 1.12. The minimum absolute atomic E-state index is 1.01. The fraction of sp³-hybridized carbons (Fsp3) is 0.143. The van der Waals surface area contributed by atoms with E-state index in [0.29, 0.717) is 0 Å². The van der Waals surface area contributed by atoms with E-state index in [9.17, 15) is 0 Å². The first-order chi connectivity index (χ1) is 11.4. The number of H-pyrrole nitrogens is 1. The Kier molecular flexibility index (Phi) is 3.84. The number of fused-ring (bicyclic) bond motifs is 1. The van der Waals surface area contributed by atoms with Crippen molar-refractivity contribution in [1.29, 1.82) is 0 Å². The monoisotopic (exact) mass is 317 g/mol. The van der Waals surface area contributed by atoms with Crippen molar-refractivity contribution in [2.45, 2.75) is 17.7 Å². The molecule has 114 valence electrons. The molecule has 0 amide bonds. The van der Waals surface area contributed by atoms with Crippen LogP contribution in [0, 0.1) is 0 Å². The van der Waals surface area contributed by atoms with Crippen LogP contribution in [0.3, 0.4) is 0 Å². The molecule has 0 fully saturated rings. The van der Waals surface area contributed by atoms with Crippen LogP contribution < -0.4 is 0 Å². The van der Waals surface area contributed by atoms with E-state index in [1.807, 2.05) is 0 Å². The standard InChI is InChI=1S/C21H19NS/c1-23-17-13-11-16(12-14-17)21-19-10-6-5-9-18(19)20(22-21)15-7-3-2-4-8-15/h2-8,11-14,22H,9-10H2,1H3. The van der Waals surface area contributed by atoms with Gasteiger partial charge >= 0.3 is 0 Å². The topological polar surface area (TPSA) is 15.8 Å². The van der Waals surface area contributed by atoms with Gasteiger partial charge in [0, 0.05) is 16.3 Å². The number of aromatic nitrogens is 1. The average Bonchev–Trinajstić information content (AvgIpc) is 3.02. The zero-order valence-corrected chi connectivity index (χ0v) is 14.0. The van der Waals surface area contributed by atoms with Gasteiger partial charge in [0.05, 0.1) is 0 Å². The molecule has 1 heterocycles. The highest BCUT2D eigenvalue weighted by atomic mass is 32.2. The highest BCUT2D eigenvalue weighted by Crippen LogP contribution is 2.36. The first-order valence-corrected chi connectivity index (χ1v) is 9.18. The normalized spacial score (nSPS) is 13.1. The zero-order valence-electron chi connectivity index (χ0n) is 13.2. The largest absolute Gasteiger partial charge is 0.354 e. The molecule has 2 aromatic carbocycles. The van der Waals surface area contributed by atoms with E-state index in [2.05, 4.69) is 78.0 Å². The van der Waals surface area contributed by atoms with Crippen molar-refractivity contribution >= 4 is 11.8 Å². The van der Waals surface area contributed by atoms with E-state index < -0.39 is 0 Å². The summed E-state index contributed by atoms with van der Waals surface area (Å²) in [7, 11) is 0. The van der Waals surface area contributed by atoms with Crippen LogP contribution >= 0.6 is 11.8 Å². The lowest BCUT2D eigenvalue weighted by atomic mass is 9.93. The zero-order chi connectivity index (χ0) is 15.6. The minimum Gasteiger partial charge on any atom is -0.354 e. The van der Waals surface area contributed by atoms with Crippen LogP contribution in [-0.2, 0) is 12.8 Å². The van der Waals surface area contributed by atoms with Gasteiger partial charge in [-0.3, -0.25) is 0 Å². The van der Waals surface area contributed by atoms with Crippen molar-refractivity contribution < 1.29 is 0 Å². The third kappa shape index (κ3) is 2.64. The van der Waals surface area contributed by atoms with Crippen molar-refractivity contribution in [2.75, 3.05) is 6.26 Å². The number of benzene rings is 2. The molecule has 1 N–H and O–H groups in total. The quantitative estimate of drug-likeness (QED) is 0.482. The van der Waals surface area contributed by atoms with Gasteiger partial charge in [-0.2, -0.15) is 0 Å². The van der Waals surface area contributed by atoms with Crippen molar-refractivity contribution in [1.82, 2.24) is 4.98 Å². The van der Waals surface area contributed by atoms with Gasteiger partial charge < -0.3 is 4.98 Å². The molecular weight excluding hydrogens is 298 g/mol. The molecule has 0 spiro atoms. The van der Waals surface area contributed by atoms with Crippen LogP contribution in [0.25, 0.3) is 22.5 Å². The Bertz CT molecular complexity index is 842. The van der Waals surface area contributed by atoms with Gasteiger partial charge in [0.2, 0.25) is 0 Å². The number of nitrogens with one attached hydrogen (secondary N) is 1. The van der Waals surface area contributed by atoms with E-state index in [1.54, 1.807) is 11.8 Å². The molecule has 1 aliphatic carbocycles. The van der Waals surface area contributed by atoms with E-state index in [-0.39, 0.29) is 0 Å². The molecule has 1 aromatic heterocycles. The molecule has 0 bridgehead atoms.